The van der Waals surface area contributed by atoms with Crippen molar-refractivity contribution in [3.8, 4) is 0 Å². The van der Waals surface area contributed by atoms with Gasteiger partial charge in [-0.2, -0.15) is 22.2 Å². The van der Waals surface area contributed by atoms with Crippen molar-refractivity contribution in [2.45, 2.75) is 41.5 Å². The SMILES string of the molecule is CCOP(=O)([O-])O.CCOP(=O)([O-])O.CCOP(=O)([O-])O.CCOP(=O)([O-])O.CCOP(=O)([O-])O.CCOP(=O)([O-])O.O=P([O-])(O)OCC(CNF)COP(=O)([O-])OCCOP(=O)([O-])OCC(CNF)COP(=O)([O-])OCCOP(=O)([O-])OCC(CNF)COP(=O)([O-])OCCOP(=O)([O-])OCC(CO)CNF. The summed E-state index contributed by atoms with van der Waals surface area (Å²) in [5.41, 5.74) is 4.45. The van der Waals surface area contributed by atoms with Crippen LogP contribution in [0.1, 0.15) is 41.5 Å². The van der Waals surface area contributed by atoms with Crippen molar-refractivity contribution in [3.63, 3.8) is 0 Å². The predicted octanol–water partition coefficient (Wildman–Crippen LogP) is -7.27. The molecular weight excluding hydrogens is 1790 g/mol. The molecule has 0 aliphatic carbocycles. The maximum atomic E-state index is 12.8. The Morgan fingerprint density at radius 2 is 0.370 bits per heavy atom. The molecule has 0 rings (SSSR count). The highest BCUT2D eigenvalue weighted by Crippen LogP contribution is 2.46. The summed E-state index contributed by atoms with van der Waals surface area (Å²) in [6.45, 7) is -7.49. The van der Waals surface area contributed by atoms with Gasteiger partial charge in [0.05, 0.1) is 126 Å². The number of phosphoric ester groups is 13. The van der Waals surface area contributed by atoms with E-state index in [9.17, 15) is 141 Å². The van der Waals surface area contributed by atoms with E-state index in [0.717, 1.165) is 16.6 Å². The summed E-state index contributed by atoms with van der Waals surface area (Å²) in [5, 5.41) is 8.99. The van der Waals surface area contributed by atoms with E-state index in [0.29, 0.717) is 0 Å². The summed E-state index contributed by atoms with van der Waals surface area (Å²) < 4.78 is 270. The van der Waals surface area contributed by atoms with Gasteiger partial charge in [-0.15, -0.1) is 17.9 Å². The zero-order chi connectivity index (χ0) is 86.0. The van der Waals surface area contributed by atoms with Crippen molar-refractivity contribution in [2.75, 3.05) is 158 Å². The lowest BCUT2D eigenvalue weighted by atomic mass is 10.2. The number of aliphatic hydroxyl groups excluding tert-OH is 1. The molecule has 0 radical (unpaired) electrons. The quantitative estimate of drug-likeness (QED) is 0.0116. The Morgan fingerprint density at radius 3 is 0.481 bits per heavy atom. The van der Waals surface area contributed by atoms with E-state index in [4.69, 9.17) is 39.4 Å². The van der Waals surface area contributed by atoms with Gasteiger partial charge in [0.15, 0.2) is 0 Å². The molecule has 0 aromatic rings. The van der Waals surface area contributed by atoms with Crippen molar-refractivity contribution in [3.05, 3.63) is 0 Å². The number of aliphatic hydroxyl groups is 1. The molecule has 0 spiro atoms. The molecule has 0 fully saturated rings. The van der Waals surface area contributed by atoms with Gasteiger partial charge in [0.25, 0.3) is 102 Å². The molecule has 0 bridgehead atoms. The van der Waals surface area contributed by atoms with Gasteiger partial charge < -0.3 is 189 Å². The molecule has 0 saturated carbocycles. The zero-order valence-electron chi connectivity index (χ0n) is 56.6. The topological polar surface area (TPSA) is 907 Å². The maximum absolute atomic E-state index is 12.8. The van der Waals surface area contributed by atoms with E-state index >= 15 is 0 Å². The Hall–Kier alpha value is 0.950. The molecule has 74 heteroatoms. The smallest absolute Gasteiger partial charge is 0.267 e. The second-order valence-corrected chi connectivity index (χ2v) is 34.4. The number of phosphoric acid groups is 13. The first kappa shape index (κ1) is 122. The summed E-state index contributed by atoms with van der Waals surface area (Å²) >= 11 is 0. The van der Waals surface area contributed by atoms with Crippen LogP contribution in [0.25, 0.3) is 0 Å². The molecule has 0 aliphatic heterocycles. The van der Waals surface area contributed by atoms with Crippen LogP contribution >= 0.6 is 102 Å². The van der Waals surface area contributed by atoms with Crippen molar-refractivity contribution in [1.82, 2.24) is 22.2 Å². The highest BCUT2D eigenvalue weighted by atomic mass is 31.2. The molecule has 17 unspecified atom stereocenters. The van der Waals surface area contributed by atoms with Gasteiger partial charge in [-0.05, 0) is 41.5 Å². The monoisotopic (exact) mass is 1870 g/mol. The van der Waals surface area contributed by atoms with E-state index in [-0.39, 0.29) is 39.6 Å². The fraction of sp³-hybridized carbons (Fsp3) is 1.00. The molecule has 0 aromatic carbocycles. The van der Waals surface area contributed by atoms with Gasteiger partial charge in [0, 0.05) is 56.5 Å². The van der Waals surface area contributed by atoms with Crippen LogP contribution in [0.3, 0.4) is 0 Å². The van der Waals surface area contributed by atoms with Gasteiger partial charge in [-0.1, -0.05) is 0 Å². The Bertz CT molecular complexity index is 2740. The molecular formula is C34H82F4N4O53P13-13. The molecule has 0 aromatic heterocycles. The minimum Gasteiger partial charge on any atom is -0.756 e. The minimum atomic E-state index is -5.37. The summed E-state index contributed by atoms with van der Waals surface area (Å²) in [5.74, 6) is -5.13. The number of rotatable bonds is 57. The minimum absolute atomic E-state index is 0.0166. The first-order valence-corrected chi connectivity index (χ1v) is 47.5. The van der Waals surface area contributed by atoms with E-state index < -0.39 is 244 Å². The Balaban J connectivity index is -0.000000385. The van der Waals surface area contributed by atoms with Crippen LogP contribution in [0.5, 0.6) is 0 Å². The number of halogens is 4. The highest BCUT2D eigenvalue weighted by molar-refractivity contribution is 7.48. The lowest BCUT2D eigenvalue weighted by Crippen LogP contribution is -2.28. The first-order chi connectivity index (χ1) is 48.9. The lowest BCUT2D eigenvalue weighted by molar-refractivity contribution is -0.237. The van der Waals surface area contributed by atoms with Crippen molar-refractivity contribution in [1.29, 1.82) is 0 Å². The van der Waals surface area contributed by atoms with Crippen LogP contribution in [0.2, 0.25) is 0 Å². The average Bonchev–Trinajstić information content (AvgIpc) is 0.901. The van der Waals surface area contributed by atoms with Gasteiger partial charge in [-0.3, -0.25) is 59.3 Å². The van der Waals surface area contributed by atoms with Gasteiger partial charge in [-0.25, -0.2) is 0 Å². The molecule has 12 N–H and O–H groups in total. The number of hydrogen-bond acceptors (Lipinski definition) is 50. The van der Waals surface area contributed by atoms with E-state index in [1.54, 1.807) is 0 Å². The van der Waals surface area contributed by atoms with Gasteiger partial charge >= 0.3 is 0 Å². The van der Waals surface area contributed by atoms with Crippen LogP contribution in [-0.2, 0) is 145 Å². The summed E-state index contributed by atoms with van der Waals surface area (Å²) in [4.78, 5) is 195. The molecule has 0 aliphatic rings. The summed E-state index contributed by atoms with van der Waals surface area (Å²) in [6, 6.07) is 0. The van der Waals surface area contributed by atoms with E-state index in [2.05, 4.69) is 86.0 Å². The van der Waals surface area contributed by atoms with Crippen LogP contribution in [0.15, 0.2) is 0 Å². The predicted molar refractivity (Wildman–Crippen MR) is 319 cm³/mol. The number of hydrogen-bond donors (Lipinski definition) is 12. The molecule has 0 saturated heterocycles. The first-order valence-electron chi connectivity index (χ1n) is 28.2. The zero-order valence-corrected chi connectivity index (χ0v) is 68.2. The van der Waals surface area contributed by atoms with Crippen molar-refractivity contribution in [2.24, 2.45) is 23.7 Å². The Morgan fingerprint density at radius 1 is 0.241 bits per heavy atom. The maximum Gasteiger partial charge on any atom is 0.267 e. The number of nitrogens with one attached hydrogen (secondary N) is 4. The van der Waals surface area contributed by atoms with Crippen LogP contribution in [0, 0.1) is 23.7 Å². The average molecular weight is 1870 g/mol. The fourth-order valence-electron chi connectivity index (χ4n) is 4.59. The second kappa shape index (κ2) is 64.9. The third kappa shape index (κ3) is 103. The van der Waals surface area contributed by atoms with Gasteiger partial charge in [0.1, 0.15) is 0 Å². The largest absolute Gasteiger partial charge is 0.756 e. The summed E-state index contributed by atoms with van der Waals surface area (Å²) in [7, 11) is -63.4. The lowest BCUT2D eigenvalue weighted by Gasteiger charge is -2.29. The van der Waals surface area contributed by atoms with Crippen LogP contribution in [0.4, 0.5) is 17.9 Å². The third-order valence-electron chi connectivity index (χ3n) is 8.50. The molecule has 108 heavy (non-hydrogen) atoms. The highest BCUT2D eigenvalue weighted by Gasteiger charge is 2.24. The molecule has 0 amide bonds. The second-order valence-electron chi connectivity index (χ2n) is 17.5. The fourth-order valence-corrected chi connectivity index (χ4v) is 11.5. The third-order valence-corrected chi connectivity index (χ3v) is 18.3. The normalized spacial score (nSPS) is 19.9. The molecule has 17 atom stereocenters. The molecule has 0 heterocycles. The van der Waals surface area contributed by atoms with Crippen LogP contribution in [-0.4, -0.2) is 198 Å². The molecule has 57 nitrogen and oxygen atoms in total. The Labute approximate surface area is 611 Å². The van der Waals surface area contributed by atoms with Crippen LogP contribution < -0.4 is 85.8 Å². The standard InChI is InChI=1S/C22H53F4N4O29P7.6C2H7O4P/c23-27-7-19(11-31)12-54-61(35,36)47-1-2-49-63(39,40)56-15-21(9-29-25)16-58-65(43,44)51-5-6-52-66(45,46)59-18-22(10-30-26)17-57-64(41,42)50-4-3-48-62(37,38)55-14-20(8-28-24)13-53-60(32,33)34;6*1-2-6-7(3,4)5/h19-22,27-31H,1-18H2,(H,35,36)(H,37,38)(H,39,40)(H,41,42)(H,43,44)(H,45,46)(H2,32,33,34);6*2H2,1H3,(H2,3,4,5)/p-13. The molecule has 662 valence electrons. The van der Waals surface area contributed by atoms with Crippen molar-refractivity contribution < 1.29 is 266 Å². The van der Waals surface area contributed by atoms with E-state index in [1.807, 2.05) is 0 Å². The summed E-state index contributed by atoms with van der Waals surface area (Å²) in [6.07, 6.45) is 0. The van der Waals surface area contributed by atoms with Gasteiger partial charge in [0.2, 0.25) is 0 Å². The van der Waals surface area contributed by atoms with Crippen molar-refractivity contribution >= 4 is 102 Å². The Kier molecular flexibility index (Phi) is 73.4. The van der Waals surface area contributed by atoms with E-state index in [1.165, 1.54) is 47.1 Å².